The molecule has 2 nitrogen and oxygen atoms in total. The smallest absolute Gasteiger partial charge is 0.122 e. The Kier molecular flexibility index (Phi) is 4.51. The van der Waals surface area contributed by atoms with Crippen molar-refractivity contribution in [2.45, 2.75) is 30.3 Å². The van der Waals surface area contributed by atoms with E-state index < -0.39 is 6.10 Å². The van der Waals surface area contributed by atoms with E-state index in [0.717, 1.165) is 30.1 Å². The first-order valence-corrected chi connectivity index (χ1v) is 8.35. The number of para-hydroxylation sites is 1. The van der Waals surface area contributed by atoms with Gasteiger partial charge in [-0.3, -0.25) is 0 Å². The summed E-state index contributed by atoms with van der Waals surface area (Å²) < 4.78 is 5.71. The van der Waals surface area contributed by atoms with Crippen LogP contribution in [0.4, 0.5) is 0 Å². The molecule has 2 aromatic rings. The van der Waals surface area contributed by atoms with Crippen molar-refractivity contribution in [2.24, 2.45) is 0 Å². The predicted molar refractivity (Wildman–Crippen MR) is 87.1 cm³/mol. The second-order valence-corrected chi connectivity index (χ2v) is 6.52. The third-order valence-electron chi connectivity index (χ3n) is 3.87. The van der Waals surface area contributed by atoms with Crippen LogP contribution < -0.4 is 4.74 Å². The van der Waals surface area contributed by atoms with Gasteiger partial charge in [-0.25, -0.2) is 0 Å². The van der Waals surface area contributed by atoms with Gasteiger partial charge in [0.05, 0.1) is 12.7 Å². The van der Waals surface area contributed by atoms with Crippen molar-refractivity contribution in [3.63, 3.8) is 0 Å². The lowest BCUT2D eigenvalue weighted by Gasteiger charge is -2.25. The van der Waals surface area contributed by atoms with Gasteiger partial charge in [-0.2, -0.15) is 0 Å². The Morgan fingerprint density at radius 2 is 2.10 bits per heavy atom. The van der Waals surface area contributed by atoms with Crippen molar-refractivity contribution in [1.29, 1.82) is 0 Å². The fraction of sp³-hybridized carbons (Fsp3) is 0.333. The molecule has 0 saturated carbocycles. The molecule has 0 saturated heterocycles. The van der Waals surface area contributed by atoms with Crippen LogP contribution in [-0.4, -0.2) is 17.5 Å². The standard InChI is InChI=1S/C18H20O2S/c1-13(19)14-5-4-6-16(11-14)21-12-15-9-10-20-18-8-3-2-7-17(15)18/h2-8,11,13,15,19H,9-10,12H2,1H3. The van der Waals surface area contributed by atoms with Crippen LogP contribution in [0.3, 0.4) is 0 Å². The summed E-state index contributed by atoms with van der Waals surface area (Å²) in [6.45, 7) is 2.61. The van der Waals surface area contributed by atoms with Crippen molar-refractivity contribution >= 4 is 11.8 Å². The second-order valence-electron chi connectivity index (χ2n) is 5.43. The molecule has 1 aliphatic rings. The summed E-state index contributed by atoms with van der Waals surface area (Å²) in [7, 11) is 0. The molecule has 0 aromatic heterocycles. The number of fused-ring (bicyclic) bond motifs is 1. The number of thioether (sulfide) groups is 1. The molecule has 1 heterocycles. The predicted octanol–water partition coefficient (Wildman–Crippen LogP) is 4.40. The van der Waals surface area contributed by atoms with E-state index in [1.807, 2.05) is 30.0 Å². The van der Waals surface area contributed by atoms with Crippen molar-refractivity contribution in [3.05, 3.63) is 59.7 Å². The molecular formula is C18H20O2S. The van der Waals surface area contributed by atoms with Gasteiger partial charge in [0.2, 0.25) is 0 Å². The van der Waals surface area contributed by atoms with Gasteiger partial charge in [0.1, 0.15) is 5.75 Å². The van der Waals surface area contributed by atoms with E-state index in [0.29, 0.717) is 5.92 Å². The second kappa shape index (κ2) is 6.54. The molecule has 1 N–H and O–H groups in total. The summed E-state index contributed by atoms with van der Waals surface area (Å²) in [5.74, 6) is 2.62. The zero-order valence-corrected chi connectivity index (χ0v) is 13.0. The normalized spacial score (nSPS) is 18.7. The third-order valence-corrected chi connectivity index (χ3v) is 5.03. The van der Waals surface area contributed by atoms with Crippen LogP contribution >= 0.6 is 11.8 Å². The van der Waals surface area contributed by atoms with E-state index in [-0.39, 0.29) is 0 Å². The van der Waals surface area contributed by atoms with Crippen LogP contribution in [0.2, 0.25) is 0 Å². The largest absolute Gasteiger partial charge is 0.493 e. The van der Waals surface area contributed by atoms with Gasteiger partial charge in [0.15, 0.2) is 0 Å². The van der Waals surface area contributed by atoms with Crippen LogP contribution in [0.1, 0.15) is 36.5 Å². The molecule has 1 aliphatic heterocycles. The molecule has 0 spiro atoms. The van der Waals surface area contributed by atoms with Crippen molar-refractivity contribution in [1.82, 2.24) is 0 Å². The summed E-state index contributed by atoms with van der Waals surface area (Å²) in [4.78, 5) is 1.22. The first-order chi connectivity index (χ1) is 10.2. The summed E-state index contributed by atoms with van der Waals surface area (Å²) in [6.07, 6.45) is 0.662. The minimum Gasteiger partial charge on any atom is -0.493 e. The highest BCUT2D eigenvalue weighted by Crippen LogP contribution is 2.37. The molecule has 3 rings (SSSR count). The molecular weight excluding hydrogens is 280 g/mol. The molecule has 0 bridgehead atoms. The fourth-order valence-electron chi connectivity index (χ4n) is 2.65. The number of ether oxygens (including phenoxy) is 1. The van der Waals surface area contributed by atoms with Crippen molar-refractivity contribution < 1.29 is 9.84 Å². The van der Waals surface area contributed by atoms with Gasteiger partial charge in [0, 0.05) is 16.6 Å². The number of aliphatic hydroxyl groups excluding tert-OH is 1. The first kappa shape index (κ1) is 14.5. The maximum atomic E-state index is 9.67. The van der Waals surface area contributed by atoms with Crippen molar-refractivity contribution in [2.75, 3.05) is 12.4 Å². The Hall–Kier alpha value is -1.45. The van der Waals surface area contributed by atoms with Gasteiger partial charge >= 0.3 is 0 Å². The first-order valence-electron chi connectivity index (χ1n) is 7.36. The Balaban J connectivity index is 1.70. The van der Waals surface area contributed by atoms with Crippen molar-refractivity contribution in [3.8, 4) is 5.75 Å². The summed E-state index contributed by atoms with van der Waals surface area (Å²) in [6, 6.07) is 16.5. The molecule has 0 radical (unpaired) electrons. The average Bonchev–Trinajstić information content (AvgIpc) is 2.53. The fourth-order valence-corrected chi connectivity index (χ4v) is 3.78. The van der Waals surface area contributed by atoms with Crippen LogP contribution in [0, 0.1) is 0 Å². The maximum Gasteiger partial charge on any atom is 0.122 e. The Labute approximate surface area is 130 Å². The highest BCUT2D eigenvalue weighted by Gasteiger charge is 2.21. The molecule has 110 valence electrons. The molecule has 3 heteroatoms. The molecule has 2 aromatic carbocycles. The monoisotopic (exact) mass is 300 g/mol. The lowest BCUT2D eigenvalue weighted by Crippen LogP contribution is -2.15. The highest BCUT2D eigenvalue weighted by atomic mass is 32.2. The minimum atomic E-state index is -0.408. The van der Waals surface area contributed by atoms with Gasteiger partial charge in [0.25, 0.3) is 0 Å². The average molecular weight is 300 g/mol. The van der Waals surface area contributed by atoms with E-state index in [1.54, 1.807) is 6.92 Å². The van der Waals surface area contributed by atoms with E-state index in [1.165, 1.54) is 10.5 Å². The Bertz CT molecular complexity index is 610. The lowest BCUT2D eigenvalue weighted by molar-refractivity contribution is 0.199. The summed E-state index contributed by atoms with van der Waals surface area (Å²) in [5.41, 5.74) is 2.30. The van der Waals surface area contributed by atoms with E-state index in [2.05, 4.69) is 30.3 Å². The topological polar surface area (TPSA) is 29.5 Å². The van der Waals surface area contributed by atoms with Gasteiger partial charge in [-0.1, -0.05) is 30.3 Å². The van der Waals surface area contributed by atoms with Crippen LogP contribution in [0.15, 0.2) is 53.4 Å². The SMILES string of the molecule is CC(O)c1cccc(SCC2CCOc3ccccc32)c1. The summed E-state index contributed by atoms with van der Waals surface area (Å²) in [5, 5.41) is 9.67. The lowest BCUT2D eigenvalue weighted by atomic mass is 9.95. The van der Waals surface area contributed by atoms with Gasteiger partial charge < -0.3 is 9.84 Å². The minimum absolute atomic E-state index is 0.408. The number of hydrogen-bond acceptors (Lipinski definition) is 3. The molecule has 2 unspecified atom stereocenters. The Morgan fingerprint density at radius 3 is 2.95 bits per heavy atom. The van der Waals surface area contributed by atoms with Gasteiger partial charge in [-0.15, -0.1) is 11.8 Å². The number of benzene rings is 2. The van der Waals surface area contributed by atoms with E-state index >= 15 is 0 Å². The maximum absolute atomic E-state index is 9.67. The highest BCUT2D eigenvalue weighted by molar-refractivity contribution is 7.99. The molecule has 21 heavy (non-hydrogen) atoms. The van der Waals surface area contributed by atoms with E-state index in [4.69, 9.17) is 4.74 Å². The quantitative estimate of drug-likeness (QED) is 0.849. The van der Waals surface area contributed by atoms with Crippen LogP contribution in [-0.2, 0) is 0 Å². The molecule has 2 atom stereocenters. The number of rotatable bonds is 4. The third kappa shape index (κ3) is 3.42. The van der Waals surface area contributed by atoms with Gasteiger partial charge in [-0.05, 0) is 42.7 Å². The molecule has 0 aliphatic carbocycles. The van der Waals surface area contributed by atoms with E-state index in [9.17, 15) is 5.11 Å². The van der Waals surface area contributed by atoms with Crippen LogP contribution in [0.5, 0.6) is 5.75 Å². The number of hydrogen-bond donors (Lipinski definition) is 1. The molecule has 0 amide bonds. The summed E-state index contributed by atoms with van der Waals surface area (Å²) >= 11 is 1.86. The molecule has 0 fully saturated rings. The Morgan fingerprint density at radius 1 is 1.24 bits per heavy atom. The number of aliphatic hydroxyl groups is 1. The zero-order chi connectivity index (χ0) is 14.7. The zero-order valence-electron chi connectivity index (χ0n) is 12.2. The van der Waals surface area contributed by atoms with Crippen LogP contribution in [0.25, 0.3) is 0 Å².